The van der Waals surface area contributed by atoms with Crippen LogP contribution in [-0.2, 0) is 0 Å². The molecular weight excluding hydrogens is 366 g/mol. The highest BCUT2D eigenvalue weighted by Gasteiger charge is 2.22. The van der Waals surface area contributed by atoms with Crippen molar-refractivity contribution in [2.24, 2.45) is 0 Å². The normalized spacial score (nSPS) is 15.2. The van der Waals surface area contributed by atoms with Gasteiger partial charge in [0.05, 0.1) is 6.10 Å². The van der Waals surface area contributed by atoms with E-state index in [1.54, 1.807) is 12.1 Å². The number of halogens is 3. The second-order valence-corrected chi connectivity index (χ2v) is 4.61. The fourth-order valence-electron chi connectivity index (χ4n) is 1.07. The number of alkyl halides is 1. The van der Waals surface area contributed by atoms with Crippen molar-refractivity contribution in [3.63, 3.8) is 0 Å². The van der Waals surface area contributed by atoms with Gasteiger partial charge in [-0.05, 0) is 34.7 Å². The molecule has 0 spiro atoms. The quantitative estimate of drug-likeness (QED) is 0.629. The lowest BCUT2D eigenvalue weighted by atomic mass is 10.1. The predicted molar refractivity (Wildman–Crippen MR) is 63.9 cm³/mol. The number of hydrogen-bond acceptors (Lipinski definition) is 2. The summed E-state index contributed by atoms with van der Waals surface area (Å²) in [6, 6.07) is 4.51. The minimum atomic E-state index is -1.19. The molecule has 0 fully saturated rings. The molecule has 2 unspecified atom stereocenters. The molecule has 1 rings (SSSR count). The molecule has 2 N–H and O–H groups in total. The number of hydrogen-bond donors (Lipinski definition) is 2. The van der Waals surface area contributed by atoms with Crippen LogP contribution in [0, 0.1) is 9.39 Å². The monoisotopic (exact) mass is 374 g/mol. The molecule has 2 nitrogen and oxygen atoms in total. The summed E-state index contributed by atoms with van der Waals surface area (Å²) in [6.45, 7) is 0. The maximum Gasteiger partial charge on any atom is 0.130 e. The van der Waals surface area contributed by atoms with E-state index < -0.39 is 18.0 Å². The van der Waals surface area contributed by atoms with E-state index in [0.717, 1.165) is 0 Å². The van der Waals surface area contributed by atoms with E-state index in [1.165, 1.54) is 6.07 Å². The SMILES string of the molecule is OC(CBr)C(O)c1c(F)cccc1I. The molecule has 5 heteroatoms. The molecule has 0 amide bonds. The molecular formula is C9H9BrFIO2. The van der Waals surface area contributed by atoms with Gasteiger partial charge in [0.25, 0.3) is 0 Å². The van der Waals surface area contributed by atoms with E-state index in [2.05, 4.69) is 15.9 Å². The Kier molecular flexibility index (Phi) is 4.75. The van der Waals surface area contributed by atoms with E-state index in [9.17, 15) is 14.6 Å². The molecule has 78 valence electrons. The summed E-state index contributed by atoms with van der Waals surface area (Å²) in [6.07, 6.45) is -2.19. The van der Waals surface area contributed by atoms with Crippen molar-refractivity contribution >= 4 is 38.5 Å². The van der Waals surface area contributed by atoms with Crippen molar-refractivity contribution in [2.75, 3.05) is 5.33 Å². The fraction of sp³-hybridized carbons (Fsp3) is 0.333. The average molecular weight is 375 g/mol. The third-order valence-corrected chi connectivity index (χ3v) is 3.42. The largest absolute Gasteiger partial charge is 0.389 e. The summed E-state index contributed by atoms with van der Waals surface area (Å²) in [5.41, 5.74) is 0.153. The zero-order chi connectivity index (χ0) is 10.7. The molecule has 0 saturated carbocycles. The Balaban J connectivity index is 3.05. The highest BCUT2D eigenvalue weighted by Crippen LogP contribution is 2.26. The molecule has 0 radical (unpaired) electrons. The van der Waals surface area contributed by atoms with E-state index in [0.29, 0.717) is 3.57 Å². The molecule has 1 aromatic carbocycles. The molecule has 2 atom stereocenters. The van der Waals surface area contributed by atoms with Gasteiger partial charge < -0.3 is 10.2 Å². The maximum atomic E-state index is 13.3. The van der Waals surface area contributed by atoms with Crippen molar-refractivity contribution in [1.29, 1.82) is 0 Å². The Morgan fingerprint density at radius 2 is 2.07 bits per heavy atom. The summed E-state index contributed by atoms with van der Waals surface area (Å²) in [7, 11) is 0. The van der Waals surface area contributed by atoms with Gasteiger partial charge in [0, 0.05) is 14.5 Å². The Hall–Kier alpha value is 0.280. The topological polar surface area (TPSA) is 40.5 Å². The highest BCUT2D eigenvalue weighted by molar-refractivity contribution is 14.1. The van der Waals surface area contributed by atoms with Crippen LogP contribution in [0.1, 0.15) is 11.7 Å². The van der Waals surface area contributed by atoms with Gasteiger partial charge >= 0.3 is 0 Å². The second-order valence-electron chi connectivity index (χ2n) is 2.80. The van der Waals surface area contributed by atoms with Gasteiger partial charge in [-0.1, -0.05) is 22.0 Å². The van der Waals surface area contributed by atoms with E-state index in [4.69, 9.17) is 0 Å². The highest BCUT2D eigenvalue weighted by atomic mass is 127. The average Bonchev–Trinajstić information content (AvgIpc) is 2.16. The molecule has 1 aromatic rings. The van der Waals surface area contributed by atoms with Gasteiger partial charge in [0.15, 0.2) is 0 Å². The summed E-state index contributed by atoms with van der Waals surface area (Å²) >= 11 is 4.95. The third-order valence-electron chi connectivity index (χ3n) is 1.82. The number of aliphatic hydroxyl groups is 2. The van der Waals surface area contributed by atoms with Gasteiger partial charge in [-0.15, -0.1) is 0 Å². The molecule has 0 bridgehead atoms. The van der Waals surface area contributed by atoms with Gasteiger partial charge in [0.2, 0.25) is 0 Å². The number of benzene rings is 1. The number of aliphatic hydroxyl groups excluding tert-OH is 2. The number of rotatable bonds is 3. The van der Waals surface area contributed by atoms with E-state index in [1.807, 2.05) is 22.6 Å². The Bertz CT molecular complexity index is 301. The first-order valence-corrected chi connectivity index (χ1v) is 6.14. The van der Waals surface area contributed by atoms with Crippen LogP contribution < -0.4 is 0 Å². The summed E-state index contributed by atoms with van der Waals surface area (Å²) in [5, 5.41) is 19.2. The summed E-state index contributed by atoms with van der Waals surface area (Å²) < 4.78 is 13.9. The van der Waals surface area contributed by atoms with Crippen LogP contribution in [-0.4, -0.2) is 21.6 Å². The standard InChI is InChI=1S/C9H9BrFIO2/c10-4-7(13)9(14)8-5(11)2-1-3-6(8)12/h1-3,7,9,13-14H,4H2. The smallest absolute Gasteiger partial charge is 0.130 e. The van der Waals surface area contributed by atoms with Crippen molar-refractivity contribution in [1.82, 2.24) is 0 Å². The maximum absolute atomic E-state index is 13.3. The molecule has 0 aliphatic heterocycles. The predicted octanol–water partition coefficient (Wildman–Crippen LogP) is 2.22. The molecule has 0 saturated heterocycles. The van der Waals surface area contributed by atoms with Crippen molar-refractivity contribution in [3.8, 4) is 0 Å². The fourth-order valence-corrected chi connectivity index (χ4v) is 2.21. The summed E-state index contributed by atoms with van der Waals surface area (Å²) in [4.78, 5) is 0. The third kappa shape index (κ3) is 2.65. The van der Waals surface area contributed by atoms with Crippen LogP contribution in [0.4, 0.5) is 4.39 Å². The van der Waals surface area contributed by atoms with E-state index >= 15 is 0 Å². The lowest BCUT2D eigenvalue weighted by molar-refractivity contribution is 0.0314. The molecule has 14 heavy (non-hydrogen) atoms. The molecule has 0 aromatic heterocycles. The summed E-state index contributed by atoms with van der Waals surface area (Å²) in [5.74, 6) is -0.496. The van der Waals surface area contributed by atoms with Crippen molar-refractivity contribution in [2.45, 2.75) is 12.2 Å². The first-order chi connectivity index (χ1) is 6.57. The van der Waals surface area contributed by atoms with Crippen LogP contribution in [0.25, 0.3) is 0 Å². The van der Waals surface area contributed by atoms with Crippen molar-refractivity contribution in [3.05, 3.63) is 33.1 Å². The molecule has 0 heterocycles. The van der Waals surface area contributed by atoms with Crippen LogP contribution in [0.3, 0.4) is 0 Å². The zero-order valence-corrected chi connectivity index (χ0v) is 10.9. The first kappa shape index (κ1) is 12.4. The van der Waals surface area contributed by atoms with Crippen molar-refractivity contribution < 1.29 is 14.6 Å². The van der Waals surface area contributed by atoms with Crippen LogP contribution in [0.2, 0.25) is 0 Å². The van der Waals surface area contributed by atoms with Gasteiger partial charge in [-0.25, -0.2) is 4.39 Å². The van der Waals surface area contributed by atoms with E-state index in [-0.39, 0.29) is 10.9 Å². The second kappa shape index (κ2) is 5.39. The lowest BCUT2D eigenvalue weighted by Gasteiger charge is -2.17. The Labute approximate surface area is 103 Å². The van der Waals surface area contributed by atoms with Crippen LogP contribution in [0.15, 0.2) is 18.2 Å². The first-order valence-electron chi connectivity index (χ1n) is 3.94. The van der Waals surface area contributed by atoms with Gasteiger partial charge in [0.1, 0.15) is 11.9 Å². The van der Waals surface area contributed by atoms with Gasteiger partial charge in [-0.2, -0.15) is 0 Å². The lowest BCUT2D eigenvalue weighted by Crippen LogP contribution is -2.21. The molecule has 0 aliphatic rings. The van der Waals surface area contributed by atoms with Gasteiger partial charge in [-0.3, -0.25) is 0 Å². The Morgan fingerprint density at radius 1 is 1.43 bits per heavy atom. The van der Waals surface area contributed by atoms with Crippen LogP contribution in [0.5, 0.6) is 0 Å². The minimum Gasteiger partial charge on any atom is -0.389 e. The zero-order valence-electron chi connectivity index (χ0n) is 7.12. The minimum absolute atomic E-state index is 0.153. The van der Waals surface area contributed by atoms with Crippen LogP contribution >= 0.6 is 38.5 Å². The molecule has 0 aliphatic carbocycles. The Morgan fingerprint density at radius 3 is 2.57 bits per heavy atom.